The number of nitrogens with one attached hydrogen (secondary N) is 1. The summed E-state index contributed by atoms with van der Waals surface area (Å²) in [5.41, 5.74) is -0.304. The number of likely N-dealkylation sites (tertiary alicyclic amines) is 1. The van der Waals surface area contributed by atoms with Gasteiger partial charge in [0, 0.05) is 6.54 Å². The third kappa shape index (κ3) is 3.69. The molecule has 1 saturated heterocycles. The molecule has 1 unspecified atom stereocenters. The highest BCUT2D eigenvalue weighted by Crippen LogP contribution is 2.34. The molecule has 4 heteroatoms. The summed E-state index contributed by atoms with van der Waals surface area (Å²) in [7, 11) is 1.72. The van der Waals surface area contributed by atoms with Crippen molar-refractivity contribution in [3.63, 3.8) is 0 Å². The molecule has 1 aliphatic rings. The van der Waals surface area contributed by atoms with Gasteiger partial charge in [-0.15, -0.1) is 0 Å². The van der Waals surface area contributed by atoms with Gasteiger partial charge in [-0.3, -0.25) is 4.79 Å². The minimum absolute atomic E-state index is 0.496. The van der Waals surface area contributed by atoms with Crippen molar-refractivity contribution in [3.8, 4) is 0 Å². The van der Waals surface area contributed by atoms with Crippen LogP contribution in [0.15, 0.2) is 0 Å². The third-order valence-electron chi connectivity index (χ3n) is 4.87. The van der Waals surface area contributed by atoms with Gasteiger partial charge in [0.25, 0.3) is 0 Å². The van der Waals surface area contributed by atoms with Gasteiger partial charge < -0.3 is 15.3 Å². The van der Waals surface area contributed by atoms with Gasteiger partial charge in [-0.05, 0) is 51.7 Å². The highest BCUT2D eigenvalue weighted by molar-refractivity contribution is 5.78. The maximum Gasteiger partial charge on any atom is 0.323 e. The lowest BCUT2D eigenvalue weighted by molar-refractivity contribution is -0.144. The molecule has 4 nitrogen and oxygen atoms in total. The molecule has 18 heavy (non-hydrogen) atoms. The van der Waals surface area contributed by atoms with Crippen molar-refractivity contribution in [3.05, 3.63) is 0 Å². The second kappa shape index (κ2) is 6.02. The van der Waals surface area contributed by atoms with Crippen LogP contribution >= 0.6 is 0 Å². The van der Waals surface area contributed by atoms with Crippen LogP contribution in [0.3, 0.4) is 0 Å². The molecule has 0 radical (unpaired) electrons. The average molecular weight is 256 g/mol. The van der Waals surface area contributed by atoms with E-state index in [1.807, 2.05) is 0 Å². The van der Waals surface area contributed by atoms with Crippen LogP contribution in [0.25, 0.3) is 0 Å². The van der Waals surface area contributed by atoms with Crippen molar-refractivity contribution in [2.45, 2.75) is 52.0 Å². The monoisotopic (exact) mass is 256 g/mol. The highest BCUT2D eigenvalue weighted by Gasteiger charge is 2.33. The lowest BCUT2D eigenvalue weighted by atomic mass is 9.78. The Morgan fingerprint density at radius 1 is 1.44 bits per heavy atom. The minimum Gasteiger partial charge on any atom is -0.480 e. The van der Waals surface area contributed by atoms with E-state index in [2.05, 4.69) is 24.1 Å². The topological polar surface area (TPSA) is 52.6 Å². The van der Waals surface area contributed by atoms with E-state index >= 15 is 0 Å². The Morgan fingerprint density at radius 3 is 2.39 bits per heavy atom. The number of rotatable bonds is 6. The molecular weight excluding hydrogens is 228 g/mol. The van der Waals surface area contributed by atoms with Gasteiger partial charge in [0.2, 0.25) is 0 Å². The molecule has 2 N–H and O–H groups in total. The van der Waals surface area contributed by atoms with E-state index in [1.165, 1.54) is 19.3 Å². The Balaban J connectivity index is 2.40. The van der Waals surface area contributed by atoms with Crippen LogP contribution in [-0.4, -0.2) is 48.2 Å². The molecular formula is C14H28N2O2. The first-order chi connectivity index (χ1) is 8.35. The van der Waals surface area contributed by atoms with Gasteiger partial charge in [0.15, 0.2) is 0 Å². The zero-order chi connectivity index (χ0) is 13.8. The fraction of sp³-hybridized carbons (Fsp3) is 0.929. The lowest BCUT2D eigenvalue weighted by Crippen LogP contribution is -2.50. The molecule has 0 amide bonds. The summed E-state index contributed by atoms with van der Waals surface area (Å²) >= 11 is 0. The number of carboxylic acid groups (broad SMARTS) is 1. The van der Waals surface area contributed by atoms with Gasteiger partial charge in [0.1, 0.15) is 5.54 Å². The average Bonchev–Trinajstić information content (AvgIpc) is 2.37. The predicted octanol–water partition coefficient (Wildman–Crippen LogP) is 1.95. The van der Waals surface area contributed by atoms with Crippen LogP contribution < -0.4 is 5.32 Å². The number of carboxylic acids is 1. The molecule has 1 atom stereocenters. The predicted molar refractivity (Wildman–Crippen MR) is 73.8 cm³/mol. The van der Waals surface area contributed by atoms with Crippen LogP contribution in [0.4, 0.5) is 0 Å². The van der Waals surface area contributed by atoms with E-state index in [9.17, 15) is 9.90 Å². The van der Waals surface area contributed by atoms with E-state index in [-0.39, 0.29) is 0 Å². The summed E-state index contributed by atoms with van der Waals surface area (Å²) in [6.45, 7) is 9.45. The van der Waals surface area contributed by atoms with E-state index < -0.39 is 11.5 Å². The normalized spacial score (nSPS) is 23.6. The molecule has 0 aromatic heterocycles. The second-order valence-electron chi connectivity index (χ2n) is 6.14. The minimum atomic E-state index is -0.800. The van der Waals surface area contributed by atoms with Crippen molar-refractivity contribution in [2.75, 3.05) is 26.7 Å². The molecule has 0 bridgehead atoms. The van der Waals surface area contributed by atoms with E-state index in [1.54, 1.807) is 14.0 Å². The number of likely N-dealkylation sites (N-methyl/N-ethyl adjacent to an activating group) is 1. The molecule has 0 aromatic carbocycles. The van der Waals surface area contributed by atoms with Gasteiger partial charge >= 0.3 is 5.97 Å². The summed E-state index contributed by atoms with van der Waals surface area (Å²) in [5.74, 6) is -0.764. The smallest absolute Gasteiger partial charge is 0.323 e. The molecule has 1 rings (SSSR count). The highest BCUT2D eigenvalue weighted by atomic mass is 16.4. The van der Waals surface area contributed by atoms with Crippen LogP contribution in [0.1, 0.15) is 46.5 Å². The van der Waals surface area contributed by atoms with Crippen LogP contribution in [-0.2, 0) is 4.79 Å². The number of hydrogen-bond donors (Lipinski definition) is 2. The molecule has 0 aliphatic carbocycles. The van der Waals surface area contributed by atoms with Gasteiger partial charge in [-0.25, -0.2) is 0 Å². The largest absolute Gasteiger partial charge is 0.480 e. The maximum absolute atomic E-state index is 11.2. The molecule has 0 aromatic rings. The van der Waals surface area contributed by atoms with Crippen molar-refractivity contribution >= 4 is 5.97 Å². The molecule has 106 valence electrons. The fourth-order valence-electron chi connectivity index (χ4n) is 2.39. The summed E-state index contributed by atoms with van der Waals surface area (Å²) in [6.07, 6.45) is 4.35. The molecule has 0 spiro atoms. The first-order valence-electron chi connectivity index (χ1n) is 7.00. The van der Waals surface area contributed by atoms with E-state index in [0.717, 1.165) is 19.6 Å². The number of carbonyl (C=O) groups is 1. The first-order valence-corrected chi connectivity index (χ1v) is 7.00. The maximum atomic E-state index is 11.2. The summed E-state index contributed by atoms with van der Waals surface area (Å²) < 4.78 is 0. The second-order valence-corrected chi connectivity index (χ2v) is 6.14. The lowest BCUT2D eigenvalue weighted by Gasteiger charge is -2.39. The summed E-state index contributed by atoms with van der Waals surface area (Å²) in [6, 6.07) is 0. The summed E-state index contributed by atoms with van der Waals surface area (Å²) in [5, 5.41) is 12.1. The Bertz CT molecular complexity index is 286. The van der Waals surface area contributed by atoms with Gasteiger partial charge in [0.05, 0.1) is 0 Å². The fourth-order valence-corrected chi connectivity index (χ4v) is 2.39. The van der Waals surface area contributed by atoms with Crippen molar-refractivity contribution in [1.82, 2.24) is 10.2 Å². The van der Waals surface area contributed by atoms with Gasteiger partial charge in [-0.2, -0.15) is 0 Å². The van der Waals surface area contributed by atoms with Crippen LogP contribution in [0.2, 0.25) is 0 Å². The molecule has 1 fully saturated rings. The third-order valence-corrected chi connectivity index (χ3v) is 4.87. The van der Waals surface area contributed by atoms with E-state index in [0.29, 0.717) is 11.8 Å². The number of aliphatic carboxylic acids is 1. The Labute approximate surface area is 111 Å². The Kier molecular flexibility index (Phi) is 5.17. The van der Waals surface area contributed by atoms with Crippen LogP contribution in [0, 0.1) is 5.41 Å². The number of nitrogens with zero attached hydrogens (tertiary/aromatic N) is 1. The number of hydrogen-bond acceptors (Lipinski definition) is 3. The SMILES string of the molecule is CCC1(C)CCN(CCC(C)(NC)C(=O)O)CC1. The Hall–Kier alpha value is -0.610. The first kappa shape index (κ1) is 15.4. The molecule has 1 heterocycles. The van der Waals surface area contributed by atoms with Gasteiger partial charge in [-0.1, -0.05) is 20.3 Å². The van der Waals surface area contributed by atoms with E-state index in [4.69, 9.17) is 0 Å². The number of piperidine rings is 1. The quantitative estimate of drug-likeness (QED) is 0.762. The molecule has 0 saturated carbocycles. The van der Waals surface area contributed by atoms with Crippen molar-refractivity contribution in [1.29, 1.82) is 0 Å². The van der Waals surface area contributed by atoms with Crippen molar-refractivity contribution < 1.29 is 9.90 Å². The summed E-state index contributed by atoms with van der Waals surface area (Å²) in [4.78, 5) is 13.6. The zero-order valence-corrected chi connectivity index (χ0v) is 12.3. The standard InChI is InChI=1S/C14H28N2O2/c1-5-13(2)6-9-16(10-7-13)11-8-14(3,15-4)12(17)18/h15H,5-11H2,1-4H3,(H,17,18). The molecule has 1 aliphatic heterocycles. The zero-order valence-electron chi connectivity index (χ0n) is 12.3. The van der Waals surface area contributed by atoms with Crippen molar-refractivity contribution in [2.24, 2.45) is 5.41 Å². The van der Waals surface area contributed by atoms with Crippen LogP contribution in [0.5, 0.6) is 0 Å². The Morgan fingerprint density at radius 2 is 2.00 bits per heavy atom.